The SMILES string of the molecule is Cl.Cl.O=C(NCCCN1CCNCC1)c1csc(-c2cccc(Cl)c2)n1. The molecule has 1 aliphatic rings. The van der Waals surface area contributed by atoms with Gasteiger partial charge in [0.2, 0.25) is 0 Å². The monoisotopic (exact) mass is 436 g/mol. The lowest BCUT2D eigenvalue weighted by atomic mass is 10.2. The van der Waals surface area contributed by atoms with Crippen LogP contribution in [0.15, 0.2) is 29.6 Å². The molecule has 144 valence electrons. The van der Waals surface area contributed by atoms with Crippen LogP contribution in [0.1, 0.15) is 16.9 Å². The van der Waals surface area contributed by atoms with E-state index in [-0.39, 0.29) is 30.7 Å². The van der Waals surface area contributed by atoms with Gasteiger partial charge >= 0.3 is 0 Å². The Morgan fingerprint density at radius 2 is 2.08 bits per heavy atom. The van der Waals surface area contributed by atoms with Gasteiger partial charge in [-0.05, 0) is 25.1 Å². The number of piperazine rings is 1. The van der Waals surface area contributed by atoms with Crippen molar-refractivity contribution in [1.29, 1.82) is 0 Å². The summed E-state index contributed by atoms with van der Waals surface area (Å²) in [4.78, 5) is 19.0. The number of rotatable bonds is 6. The topological polar surface area (TPSA) is 57.3 Å². The van der Waals surface area contributed by atoms with Gasteiger partial charge in [-0.3, -0.25) is 4.79 Å². The standard InChI is InChI=1S/C17H21ClN4OS.2ClH/c18-14-4-1-3-13(11-14)17-21-15(12-24-17)16(23)20-5-2-8-22-9-6-19-7-10-22;;/h1,3-4,11-12,19H,2,5-10H2,(H,20,23);2*1H. The quantitative estimate of drug-likeness (QED) is 0.681. The maximum Gasteiger partial charge on any atom is 0.270 e. The van der Waals surface area contributed by atoms with Crippen LogP contribution < -0.4 is 10.6 Å². The number of nitrogens with zero attached hydrogens (tertiary/aromatic N) is 2. The van der Waals surface area contributed by atoms with E-state index in [9.17, 15) is 4.79 Å². The lowest BCUT2D eigenvalue weighted by molar-refractivity contribution is 0.0947. The van der Waals surface area contributed by atoms with Crippen LogP contribution in [0, 0.1) is 0 Å². The molecule has 2 N–H and O–H groups in total. The number of benzene rings is 1. The van der Waals surface area contributed by atoms with Gasteiger partial charge in [-0.25, -0.2) is 4.98 Å². The molecule has 1 aliphatic heterocycles. The van der Waals surface area contributed by atoms with Crippen LogP contribution in [0.4, 0.5) is 0 Å². The lowest BCUT2D eigenvalue weighted by Crippen LogP contribution is -2.44. The molecule has 3 rings (SSSR count). The summed E-state index contributed by atoms with van der Waals surface area (Å²) in [5.74, 6) is -0.111. The Bertz CT molecular complexity index is 692. The molecule has 0 spiro atoms. The van der Waals surface area contributed by atoms with Gasteiger partial charge in [-0.1, -0.05) is 23.7 Å². The molecule has 26 heavy (non-hydrogen) atoms. The summed E-state index contributed by atoms with van der Waals surface area (Å²) in [5.41, 5.74) is 1.41. The molecule has 1 aromatic carbocycles. The molecule has 0 saturated carbocycles. The highest BCUT2D eigenvalue weighted by atomic mass is 35.5. The van der Waals surface area contributed by atoms with E-state index in [0.29, 0.717) is 17.3 Å². The number of halogens is 3. The normalized spacial score (nSPS) is 14.2. The van der Waals surface area contributed by atoms with E-state index in [1.165, 1.54) is 11.3 Å². The molecule has 0 aliphatic carbocycles. The van der Waals surface area contributed by atoms with Crippen LogP contribution in [-0.4, -0.2) is 55.1 Å². The van der Waals surface area contributed by atoms with E-state index in [0.717, 1.165) is 49.7 Å². The predicted octanol–water partition coefficient (Wildman–Crippen LogP) is 3.33. The fraction of sp³-hybridized carbons (Fsp3) is 0.412. The smallest absolute Gasteiger partial charge is 0.270 e. The third-order valence-electron chi connectivity index (χ3n) is 3.95. The molecule has 2 aromatic rings. The van der Waals surface area contributed by atoms with Gasteiger partial charge in [-0.2, -0.15) is 0 Å². The van der Waals surface area contributed by atoms with E-state index in [1.54, 1.807) is 5.38 Å². The maximum atomic E-state index is 12.2. The molecule has 1 fully saturated rings. The first-order valence-electron chi connectivity index (χ1n) is 8.15. The number of thiazole rings is 1. The second-order valence-corrected chi connectivity index (χ2v) is 7.04. The number of nitrogens with one attached hydrogen (secondary N) is 2. The average Bonchev–Trinajstić information content (AvgIpc) is 3.10. The van der Waals surface area contributed by atoms with Gasteiger partial charge in [-0.15, -0.1) is 36.2 Å². The first-order chi connectivity index (χ1) is 11.7. The Kier molecular flexibility index (Phi) is 10.5. The third-order valence-corrected chi connectivity index (χ3v) is 5.08. The van der Waals surface area contributed by atoms with Crippen molar-refractivity contribution in [2.24, 2.45) is 0 Å². The zero-order valence-corrected chi connectivity index (χ0v) is 17.4. The first kappa shape index (κ1) is 23.1. The number of aromatic nitrogens is 1. The van der Waals surface area contributed by atoms with Crippen molar-refractivity contribution in [1.82, 2.24) is 20.5 Å². The number of amides is 1. The van der Waals surface area contributed by atoms with Crippen LogP contribution in [0.3, 0.4) is 0 Å². The summed E-state index contributed by atoms with van der Waals surface area (Å²) in [5, 5.41) is 9.56. The largest absolute Gasteiger partial charge is 0.351 e. The van der Waals surface area contributed by atoms with Crippen molar-refractivity contribution in [3.63, 3.8) is 0 Å². The first-order valence-corrected chi connectivity index (χ1v) is 9.41. The van der Waals surface area contributed by atoms with Crippen molar-refractivity contribution in [3.8, 4) is 10.6 Å². The Morgan fingerprint density at radius 3 is 2.81 bits per heavy atom. The van der Waals surface area contributed by atoms with Crippen LogP contribution in [0.25, 0.3) is 10.6 Å². The van der Waals surface area contributed by atoms with E-state index in [2.05, 4.69) is 20.5 Å². The molecule has 9 heteroatoms. The van der Waals surface area contributed by atoms with Crippen molar-refractivity contribution in [2.45, 2.75) is 6.42 Å². The lowest BCUT2D eigenvalue weighted by Gasteiger charge is -2.26. The molecule has 0 unspecified atom stereocenters. The van der Waals surface area contributed by atoms with Gasteiger partial charge in [0.1, 0.15) is 10.7 Å². The minimum absolute atomic E-state index is 0. The van der Waals surface area contributed by atoms with Gasteiger partial charge in [0.05, 0.1) is 0 Å². The molecule has 0 radical (unpaired) electrons. The third kappa shape index (κ3) is 6.68. The molecule has 1 amide bonds. The van der Waals surface area contributed by atoms with Crippen molar-refractivity contribution >= 4 is 53.7 Å². The Morgan fingerprint density at radius 1 is 1.31 bits per heavy atom. The van der Waals surface area contributed by atoms with Gasteiger partial charge in [0, 0.05) is 48.7 Å². The molecule has 2 heterocycles. The Hall–Kier alpha value is -0.890. The zero-order chi connectivity index (χ0) is 16.8. The molecular weight excluding hydrogens is 415 g/mol. The van der Waals surface area contributed by atoms with Crippen molar-refractivity contribution < 1.29 is 4.79 Å². The van der Waals surface area contributed by atoms with Crippen molar-refractivity contribution in [2.75, 3.05) is 39.3 Å². The summed E-state index contributed by atoms with van der Waals surface area (Å²) in [6, 6.07) is 7.51. The fourth-order valence-electron chi connectivity index (χ4n) is 2.66. The summed E-state index contributed by atoms with van der Waals surface area (Å²) >= 11 is 7.46. The zero-order valence-electron chi connectivity index (χ0n) is 14.2. The highest BCUT2D eigenvalue weighted by molar-refractivity contribution is 7.13. The van der Waals surface area contributed by atoms with Crippen LogP contribution in [-0.2, 0) is 0 Å². The van der Waals surface area contributed by atoms with Crippen LogP contribution in [0.5, 0.6) is 0 Å². The Balaban J connectivity index is 0.00000169. The van der Waals surface area contributed by atoms with E-state index in [1.807, 2.05) is 24.3 Å². The number of hydrogen-bond acceptors (Lipinski definition) is 5. The van der Waals surface area contributed by atoms with E-state index < -0.39 is 0 Å². The average molecular weight is 438 g/mol. The fourth-order valence-corrected chi connectivity index (χ4v) is 3.65. The molecular formula is C17H23Cl3N4OS. The van der Waals surface area contributed by atoms with E-state index >= 15 is 0 Å². The second-order valence-electron chi connectivity index (χ2n) is 5.75. The number of hydrogen-bond donors (Lipinski definition) is 2. The summed E-state index contributed by atoms with van der Waals surface area (Å²) in [6.45, 7) is 5.97. The molecule has 1 saturated heterocycles. The van der Waals surface area contributed by atoms with Gasteiger partial charge in [0.15, 0.2) is 0 Å². The summed E-state index contributed by atoms with van der Waals surface area (Å²) in [6.07, 6.45) is 0.955. The maximum absolute atomic E-state index is 12.2. The van der Waals surface area contributed by atoms with Gasteiger partial charge in [0.25, 0.3) is 5.91 Å². The van der Waals surface area contributed by atoms with E-state index in [4.69, 9.17) is 11.6 Å². The molecule has 0 bridgehead atoms. The molecule has 5 nitrogen and oxygen atoms in total. The predicted molar refractivity (Wildman–Crippen MR) is 113 cm³/mol. The van der Waals surface area contributed by atoms with Crippen molar-refractivity contribution in [3.05, 3.63) is 40.4 Å². The van der Waals surface area contributed by atoms with Crippen LogP contribution >= 0.6 is 47.8 Å². The molecule has 0 atom stereocenters. The van der Waals surface area contributed by atoms with Gasteiger partial charge < -0.3 is 15.5 Å². The minimum Gasteiger partial charge on any atom is -0.351 e. The Labute approximate surface area is 175 Å². The molecule has 1 aromatic heterocycles. The minimum atomic E-state index is -0.111. The number of carbonyl (C=O) groups excluding carboxylic acids is 1. The highest BCUT2D eigenvalue weighted by Gasteiger charge is 2.12. The van der Waals surface area contributed by atoms with Crippen LogP contribution in [0.2, 0.25) is 5.02 Å². The highest BCUT2D eigenvalue weighted by Crippen LogP contribution is 2.25. The second kappa shape index (κ2) is 11.7. The number of carbonyl (C=O) groups is 1. The summed E-state index contributed by atoms with van der Waals surface area (Å²) < 4.78 is 0. The summed E-state index contributed by atoms with van der Waals surface area (Å²) in [7, 11) is 0.